The summed E-state index contributed by atoms with van der Waals surface area (Å²) in [5, 5.41) is 4.09. The van der Waals surface area contributed by atoms with Crippen molar-refractivity contribution in [2.24, 2.45) is 0 Å². The van der Waals surface area contributed by atoms with Crippen molar-refractivity contribution in [2.45, 2.75) is 6.54 Å². The fourth-order valence-electron chi connectivity index (χ4n) is 3.88. The number of fused-ring (bicyclic) bond motifs is 1. The van der Waals surface area contributed by atoms with Gasteiger partial charge in [-0.05, 0) is 12.1 Å². The molecule has 2 aromatic heterocycles. The normalized spacial score (nSPS) is 14.8. The number of amides is 1. The van der Waals surface area contributed by atoms with Crippen LogP contribution in [0.4, 0.5) is 0 Å². The van der Waals surface area contributed by atoms with E-state index in [-0.39, 0.29) is 5.91 Å². The average molecular weight is 434 g/mol. The number of hydrogen-bond donors (Lipinski definition) is 0. The molecule has 4 aromatic rings. The van der Waals surface area contributed by atoms with E-state index in [9.17, 15) is 4.79 Å². The zero-order chi connectivity index (χ0) is 21.2. The summed E-state index contributed by atoms with van der Waals surface area (Å²) in [5.41, 5.74) is 2.78. The molecule has 1 saturated heterocycles. The summed E-state index contributed by atoms with van der Waals surface area (Å²) >= 11 is 1.69. The van der Waals surface area contributed by atoms with Gasteiger partial charge in [0.25, 0.3) is 5.91 Å². The van der Waals surface area contributed by atoms with Gasteiger partial charge in [-0.1, -0.05) is 42.5 Å². The minimum absolute atomic E-state index is 0.0708. The highest BCUT2D eigenvalue weighted by Gasteiger charge is 2.25. The van der Waals surface area contributed by atoms with E-state index in [1.807, 2.05) is 41.3 Å². The topological polar surface area (TPSA) is 58.8 Å². The summed E-state index contributed by atoms with van der Waals surface area (Å²) in [6.07, 6.45) is 0. The number of furan rings is 1. The van der Waals surface area contributed by atoms with E-state index in [0.717, 1.165) is 41.3 Å². The first kappa shape index (κ1) is 19.8. The monoisotopic (exact) mass is 433 g/mol. The molecule has 0 unspecified atom stereocenters. The molecule has 1 aliphatic heterocycles. The summed E-state index contributed by atoms with van der Waals surface area (Å²) in [4.78, 5) is 21.9. The number of carbonyl (C=O) groups excluding carboxylic acids is 1. The van der Waals surface area contributed by atoms with E-state index in [0.29, 0.717) is 30.2 Å². The molecule has 7 heteroatoms. The summed E-state index contributed by atoms with van der Waals surface area (Å²) in [6.45, 7) is 3.78. The molecule has 158 valence electrons. The Kier molecular flexibility index (Phi) is 5.44. The maximum Gasteiger partial charge on any atom is 0.289 e. The molecule has 1 aliphatic rings. The van der Waals surface area contributed by atoms with Gasteiger partial charge >= 0.3 is 0 Å². The molecule has 1 amide bonds. The molecule has 1 fully saturated rings. The first-order valence-corrected chi connectivity index (χ1v) is 11.2. The Hall–Kier alpha value is -3.16. The number of thiazole rings is 1. The Morgan fingerprint density at radius 1 is 1.10 bits per heavy atom. The van der Waals surface area contributed by atoms with Crippen molar-refractivity contribution in [2.75, 3.05) is 33.3 Å². The minimum Gasteiger partial charge on any atom is -0.493 e. The molecule has 31 heavy (non-hydrogen) atoms. The first-order chi connectivity index (χ1) is 15.2. The second-order valence-corrected chi connectivity index (χ2v) is 8.49. The van der Waals surface area contributed by atoms with E-state index in [2.05, 4.69) is 22.4 Å². The van der Waals surface area contributed by atoms with Crippen molar-refractivity contribution in [3.05, 3.63) is 70.7 Å². The van der Waals surface area contributed by atoms with E-state index in [1.165, 1.54) is 0 Å². The highest BCUT2D eigenvalue weighted by molar-refractivity contribution is 7.09. The molecule has 0 atom stereocenters. The fraction of sp³-hybridized carbons (Fsp3) is 0.250. The summed E-state index contributed by atoms with van der Waals surface area (Å²) in [5.74, 6) is 0.929. The van der Waals surface area contributed by atoms with Crippen LogP contribution in [0.5, 0.6) is 5.75 Å². The minimum atomic E-state index is -0.0708. The van der Waals surface area contributed by atoms with Crippen LogP contribution in [0.3, 0.4) is 0 Å². The number of piperazine rings is 1. The van der Waals surface area contributed by atoms with Crippen LogP contribution in [-0.2, 0) is 6.54 Å². The second-order valence-electron chi connectivity index (χ2n) is 7.55. The lowest BCUT2D eigenvalue weighted by molar-refractivity contribution is 0.0600. The van der Waals surface area contributed by atoms with Gasteiger partial charge in [0.1, 0.15) is 5.01 Å². The second kappa shape index (κ2) is 8.53. The highest BCUT2D eigenvalue weighted by atomic mass is 32.1. The lowest BCUT2D eigenvalue weighted by Crippen LogP contribution is -2.48. The Morgan fingerprint density at radius 2 is 1.90 bits per heavy atom. The number of hydrogen-bond acceptors (Lipinski definition) is 6. The number of para-hydroxylation sites is 1. The lowest BCUT2D eigenvalue weighted by Gasteiger charge is -2.33. The molecule has 5 rings (SSSR count). The van der Waals surface area contributed by atoms with Crippen LogP contribution < -0.4 is 4.74 Å². The maximum atomic E-state index is 13.0. The first-order valence-electron chi connectivity index (χ1n) is 10.3. The van der Waals surface area contributed by atoms with E-state index >= 15 is 0 Å². The van der Waals surface area contributed by atoms with Gasteiger partial charge in [-0.2, -0.15) is 0 Å². The Labute approximate surface area is 184 Å². The van der Waals surface area contributed by atoms with Gasteiger partial charge in [-0.15, -0.1) is 11.3 Å². The molecule has 6 nitrogen and oxygen atoms in total. The Bertz CT molecular complexity index is 1190. The van der Waals surface area contributed by atoms with Gasteiger partial charge in [0.05, 0.1) is 19.3 Å². The predicted octanol–water partition coefficient (Wildman–Crippen LogP) is 4.52. The van der Waals surface area contributed by atoms with Crippen LogP contribution in [0.2, 0.25) is 0 Å². The third-order valence-electron chi connectivity index (χ3n) is 5.58. The standard InChI is InChI=1S/C24H23N3O3S/c1-29-20-9-5-8-18-14-21(30-23(18)20)24(28)27-12-10-26(11-13-27)15-22-25-19(16-31-22)17-6-3-2-4-7-17/h2-9,14,16H,10-13,15H2,1H3. The van der Waals surface area contributed by atoms with Crippen molar-refractivity contribution >= 4 is 28.2 Å². The molecule has 0 saturated carbocycles. The number of benzene rings is 2. The largest absolute Gasteiger partial charge is 0.493 e. The third kappa shape index (κ3) is 4.06. The lowest BCUT2D eigenvalue weighted by atomic mass is 10.2. The molecule has 0 N–H and O–H groups in total. The number of rotatable bonds is 5. The van der Waals surface area contributed by atoms with Gasteiger partial charge in [0, 0.05) is 42.5 Å². The van der Waals surface area contributed by atoms with Crippen LogP contribution in [0.15, 0.2) is 64.4 Å². The maximum absolute atomic E-state index is 13.0. The number of carbonyl (C=O) groups is 1. The third-order valence-corrected chi connectivity index (χ3v) is 6.41. The quantitative estimate of drug-likeness (QED) is 0.463. The molecular weight excluding hydrogens is 410 g/mol. The van der Waals surface area contributed by atoms with Gasteiger partial charge in [-0.3, -0.25) is 9.69 Å². The van der Waals surface area contributed by atoms with Crippen LogP contribution in [-0.4, -0.2) is 54.0 Å². The summed E-state index contributed by atoms with van der Waals surface area (Å²) in [7, 11) is 1.60. The molecule has 0 bridgehead atoms. The zero-order valence-electron chi connectivity index (χ0n) is 17.3. The van der Waals surface area contributed by atoms with Gasteiger partial charge in [-0.25, -0.2) is 4.98 Å². The van der Waals surface area contributed by atoms with Gasteiger partial charge in [0.2, 0.25) is 0 Å². The van der Waals surface area contributed by atoms with Crippen molar-refractivity contribution in [3.63, 3.8) is 0 Å². The number of ether oxygens (including phenoxy) is 1. The van der Waals surface area contributed by atoms with Crippen LogP contribution in [0.1, 0.15) is 15.6 Å². The molecule has 2 aromatic carbocycles. The zero-order valence-corrected chi connectivity index (χ0v) is 18.1. The van der Waals surface area contributed by atoms with E-state index in [1.54, 1.807) is 24.5 Å². The molecule has 0 spiro atoms. The van der Waals surface area contributed by atoms with Crippen molar-refractivity contribution in [3.8, 4) is 17.0 Å². The average Bonchev–Trinajstić information content (AvgIpc) is 3.47. The van der Waals surface area contributed by atoms with Gasteiger partial charge < -0.3 is 14.1 Å². The summed E-state index contributed by atoms with van der Waals surface area (Å²) in [6, 6.07) is 17.7. The van der Waals surface area contributed by atoms with Crippen molar-refractivity contribution in [1.29, 1.82) is 0 Å². The fourth-order valence-corrected chi connectivity index (χ4v) is 4.73. The van der Waals surface area contributed by atoms with Crippen molar-refractivity contribution in [1.82, 2.24) is 14.8 Å². The Balaban J connectivity index is 1.21. The van der Waals surface area contributed by atoms with Crippen LogP contribution in [0.25, 0.3) is 22.2 Å². The SMILES string of the molecule is COc1cccc2cc(C(=O)N3CCN(Cc4nc(-c5ccccc5)cs4)CC3)oc12. The predicted molar refractivity (Wildman–Crippen MR) is 121 cm³/mol. The highest BCUT2D eigenvalue weighted by Crippen LogP contribution is 2.29. The van der Waals surface area contributed by atoms with E-state index < -0.39 is 0 Å². The molecule has 0 aliphatic carbocycles. The summed E-state index contributed by atoms with van der Waals surface area (Å²) < 4.78 is 11.2. The molecular formula is C24H23N3O3S. The smallest absolute Gasteiger partial charge is 0.289 e. The van der Waals surface area contributed by atoms with Crippen molar-refractivity contribution < 1.29 is 13.9 Å². The van der Waals surface area contributed by atoms with Gasteiger partial charge in [0.15, 0.2) is 17.1 Å². The van der Waals surface area contributed by atoms with E-state index in [4.69, 9.17) is 14.1 Å². The number of methoxy groups -OCH3 is 1. The molecule has 0 radical (unpaired) electrons. The number of nitrogens with zero attached hydrogens (tertiary/aromatic N) is 3. The molecule has 3 heterocycles. The van der Waals surface area contributed by atoms with Crippen LogP contribution in [0, 0.1) is 0 Å². The van der Waals surface area contributed by atoms with Crippen LogP contribution >= 0.6 is 11.3 Å². The number of aromatic nitrogens is 1. The Morgan fingerprint density at radius 3 is 2.68 bits per heavy atom.